The minimum atomic E-state index is -0.775. The van der Waals surface area contributed by atoms with Crippen LogP contribution in [-0.2, 0) is 16.1 Å². The molecule has 0 amide bonds. The van der Waals surface area contributed by atoms with Crippen molar-refractivity contribution < 1.29 is 19.2 Å². The van der Waals surface area contributed by atoms with Gasteiger partial charge in [0, 0.05) is 24.7 Å². The molecule has 3 aromatic carbocycles. The molecule has 4 aromatic rings. The summed E-state index contributed by atoms with van der Waals surface area (Å²) in [6.07, 6.45) is 0.758. The van der Waals surface area contributed by atoms with E-state index in [-0.39, 0.29) is 12.3 Å². The second kappa shape index (κ2) is 10.4. The van der Waals surface area contributed by atoms with Gasteiger partial charge in [0.1, 0.15) is 0 Å². The summed E-state index contributed by atoms with van der Waals surface area (Å²) in [4.78, 5) is 15.4. The molecule has 6 heteroatoms. The number of aryl methyl sites for hydroxylation is 1. The van der Waals surface area contributed by atoms with Crippen molar-refractivity contribution >= 4 is 5.97 Å². The van der Waals surface area contributed by atoms with Gasteiger partial charge in [-0.3, -0.25) is 4.79 Å². The van der Waals surface area contributed by atoms with Gasteiger partial charge in [-0.1, -0.05) is 66.7 Å². The molecule has 1 heterocycles. The first-order valence-electron chi connectivity index (χ1n) is 11.3. The third-order valence-corrected chi connectivity index (χ3v) is 6.04. The van der Waals surface area contributed by atoms with Crippen LogP contribution in [0.3, 0.4) is 0 Å². The number of nitrogens with zero attached hydrogens (tertiary/aromatic N) is 2. The SMILES string of the molecule is COCc1cc(-c2nc(-c3ccc([C@H](C)CCC(=O)O)cc3)no2)ccc1-c1ccccc1C. The second-order valence-corrected chi connectivity index (χ2v) is 8.50. The van der Waals surface area contributed by atoms with Gasteiger partial charge in [-0.2, -0.15) is 4.98 Å². The number of aromatic nitrogens is 2. The predicted octanol–water partition coefficient (Wildman–Crippen LogP) is 6.49. The van der Waals surface area contributed by atoms with Gasteiger partial charge in [-0.15, -0.1) is 0 Å². The van der Waals surface area contributed by atoms with Gasteiger partial charge in [0.15, 0.2) is 0 Å². The number of rotatable bonds is 9. The lowest BCUT2D eigenvalue weighted by atomic mass is 9.94. The zero-order valence-electron chi connectivity index (χ0n) is 19.6. The average Bonchev–Trinajstić information content (AvgIpc) is 3.34. The highest BCUT2D eigenvalue weighted by Crippen LogP contribution is 2.32. The summed E-state index contributed by atoms with van der Waals surface area (Å²) in [7, 11) is 1.69. The lowest BCUT2D eigenvalue weighted by Gasteiger charge is -2.12. The van der Waals surface area contributed by atoms with Gasteiger partial charge in [-0.05, 0) is 59.2 Å². The molecule has 0 bridgehead atoms. The van der Waals surface area contributed by atoms with E-state index in [1.807, 2.05) is 55.5 Å². The molecule has 0 saturated carbocycles. The van der Waals surface area contributed by atoms with Crippen LogP contribution < -0.4 is 0 Å². The Morgan fingerprint density at radius 3 is 2.47 bits per heavy atom. The van der Waals surface area contributed by atoms with Crippen LogP contribution in [-0.4, -0.2) is 28.3 Å². The lowest BCUT2D eigenvalue weighted by Crippen LogP contribution is -2.00. The molecule has 0 aliphatic carbocycles. The molecule has 1 atom stereocenters. The van der Waals surface area contributed by atoms with Gasteiger partial charge in [0.25, 0.3) is 5.89 Å². The molecule has 1 N–H and O–H groups in total. The van der Waals surface area contributed by atoms with Crippen molar-refractivity contribution in [2.45, 2.75) is 39.2 Å². The fourth-order valence-electron chi connectivity index (χ4n) is 4.06. The normalized spacial score (nSPS) is 12.0. The highest BCUT2D eigenvalue weighted by molar-refractivity contribution is 5.74. The van der Waals surface area contributed by atoms with Crippen molar-refractivity contribution in [3.63, 3.8) is 0 Å². The zero-order valence-corrected chi connectivity index (χ0v) is 19.6. The minimum absolute atomic E-state index is 0.158. The second-order valence-electron chi connectivity index (χ2n) is 8.50. The molecule has 0 aliphatic rings. The minimum Gasteiger partial charge on any atom is -0.481 e. The summed E-state index contributed by atoms with van der Waals surface area (Å²) in [5, 5.41) is 13.1. The third kappa shape index (κ3) is 5.24. The molecule has 0 unspecified atom stereocenters. The number of methoxy groups -OCH3 is 1. The summed E-state index contributed by atoms with van der Waals surface area (Å²) < 4.78 is 11.0. The maximum Gasteiger partial charge on any atom is 0.303 e. The topological polar surface area (TPSA) is 85.5 Å². The Balaban J connectivity index is 1.57. The first kappa shape index (κ1) is 23.4. The molecule has 34 heavy (non-hydrogen) atoms. The van der Waals surface area contributed by atoms with Crippen LogP contribution in [0, 0.1) is 6.92 Å². The average molecular weight is 457 g/mol. The molecule has 1 aromatic heterocycles. The van der Waals surface area contributed by atoms with Gasteiger partial charge in [0.05, 0.1) is 6.61 Å². The van der Waals surface area contributed by atoms with Gasteiger partial charge in [0.2, 0.25) is 5.82 Å². The number of carboxylic acid groups (broad SMARTS) is 1. The van der Waals surface area contributed by atoms with Crippen molar-refractivity contribution in [1.82, 2.24) is 10.1 Å². The Morgan fingerprint density at radius 2 is 1.76 bits per heavy atom. The lowest BCUT2D eigenvalue weighted by molar-refractivity contribution is -0.137. The summed E-state index contributed by atoms with van der Waals surface area (Å²) >= 11 is 0. The van der Waals surface area contributed by atoms with Crippen LogP contribution in [0.1, 0.15) is 42.4 Å². The van der Waals surface area contributed by atoms with Gasteiger partial charge in [-0.25, -0.2) is 0 Å². The molecular formula is C28H28N2O4. The van der Waals surface area contributed by atoms with Crippen LogP contribution in [0.15, 0.2) is 71.3 Å². The molecule has 0 aliphatic heterocycles. The zero-order chi connectivity index (χ0) is 24.1. The number of aliphatic carboxylic acids is 1. The van der Waals surface area contributed by atoms with Gasteiger partial charge < -0.3 is 14.4 Å². The van der Waals surface area contributed by atoms with Gasteiger partial charge >= 0.3 is 5.97 Å². The first-order chi connectivity index (χ1) is 16.5. The Kier molecular flexibility index (Phi) is 7.18. The molecule has 0 fully saturated rings. The van der Waals surface area contributed by atoms with E-state index in [0.717, 1.165) is 27.8 Å². The summed E-state index contributed by atoms with van der Waals surface area (Å²) in [6.45, 7) is 4.60. The quantitative estimate of drug-likeness (QED) is 0.310. The summed E-state index contributed by atoms with van der Waals surface area (Å²) in [6, 6.07) is 22.3. The largest absolute Gasteiger partial charge is 0.481 e. The fraction of sp³-hybridized carbons (Fsp3) is 0.250. The van der Waals surface area contributed by atoms with E-state index in [1.54, 1.807) is 7.11 Å². The smallest absolute Gasteiger partial charge is 0.303 e. The van der Waals surface area contributed by atoms with Crippen LogP contribution in [0.25, 0.3) is 34.0 Å². The maximum atomic E-state index is 10.8. The highest BCUT2D eigenvalue weighted by Gasteiger charge is 2.15. The van der Waals surface area contributed by atoms with Crippen molar-refractivity contribution in [2.75, 3.05) is 7.11 Å². The van der Waals surface area contributed by atoms with E-state index in [1.165, 1.54) is 11.1 Å². The standard InChI is InChI=1S/C28H28N2O4/c1-18(8-15-26(31)32)20-9-11-21(12-10-20)27-29-28(34-30-27)22-13-14-25(23(16-22)17-33-3)24-7-5-4-6-19(24)2/h4-7,9-14,16,18H,8,15,17H2,1-3H3,(H,31,32)/t18-/m1/s1. The van der Waals surface area contributed by atoms with Crippen LogP contribution >= 0.6 is 0 Å². The number of carbonyl (C=O) groups is 1. The van der Waals surface area contributed by atoms with Crippen molar-refractivity contribution in [3.05, 3.63) is 83.4 Å². The Bertz CT molecular complexity index is 1280. The Labute approximate surface area is 199 Å². The number of hydrogen-bond donors (Lipinski definition) is 1. The Morgan fingerprint density at radius 1 is 1.03 bits per heavy atom. The van der Waals surface area contributed by atoms with Crippen molar-refractivity contribution in [2.24, 2.45) is 0 Å². The molecule has 174 valence electrons. The third-order valence-electron chi connectivity index (χ3n) is 6.04. The molecule has 4 rings (SSSR count). The Hall–Kier alpha value is -3.77. The number of hydrogen-bond acceptors (Lipinski definition) is 5. The first-order valence-corrected chi connectivity index (χ1v) is 11.3. The number of ether oxygens (including phenoxy) is 1. The van der Waals surface area contributed by atoms with E-state index < -0.39 is 5.97 Å². The van der Waals surface area contributed by atoms with Crippen molar-refractivity contribution in [1.29, 1.82) is 0 Å². The van der Waals surface area contributed by atoms with Crippen LogP contribution in [0.5, 0.6) is 0 Å². The van der Waals surface area contributed by atoms with E-state index in [4.69, 9.17) is 14.4 Å². The van der Waals surface area contributed by atoms with E-state index in [0.29, 0.717) is 24.7 Å². The van der Waals surface area contributed by atoms with Crippen LogP contribution in [0.2, 0.25) is 0 Å². The number of benzene rings is 3. The highest BCUT2D eigenvalue weighted by atomic mass is 16.5. The van der Waals surface area contributed by atoms with Crippen molar-refractivity contribution in [3.8, 4) is 34.0 Å². The number of carboxylic acids is 1. The van der Waals surface area contributed by atoms with E-state index in [2.05, 4.69) is 35.3 Å². The summed E-state index contributed by atoms with van der Waals surface area (Å²) in [5.41, 5.74) is 7.31. The molecule has 0 radical (unpaired) electrons. The van der Waals surface area contributed by atoms with E-state index in [9.17, 15) is 4.79 Å². The van der Waals surface area contributed by atoms with E-state index >= 15 is 0 Å². The predicted molar refractivity (Wildman–Crippen MR) is 131 cm³/mol. The molecule has 0 saturated heterocycles. The molecule has 0 spiro atoms. The fourth-order valence-corrected chi connectivity index (χ4v) is 4.06. The maximum absolute atomic E-state index is 10.8. The summed E-state index contributed by atoms with van der Waals surface area (Å²) in [5.74, 6) is 0.346. The molecular weight excluding hydrogens is 428 g/mol. The molecule has 6 nitrogen and oxygen atoms in total. The monoisotopic (exact) mass is 456 g/mol. The van der Waals surface area contributed by atoms with Crippen LogP contribution in [0.4, 0.5) is 0 Å².